The molecule has 23 heavy (non-hydrogen) atoms. The van der Waals surface area contributed by atoms with E-state index in [1.807, 2.05) is 57.4 Å². The van der Waals surface area contributed by atoms with Crippen LogP contribution in [0.3, 0.4) is 0 Å². The maximum absolute atomic E-state index is 12.1. The summed E-state index contributed by atoms with van der Waals surface area (Å²) in [6.07, 6.45) is 1.63. The fourth-order valence-electron chi connectivity index (χ4n) is 2.55. The molecule has 0 aliphatic heterocycles. The maximum atomic E-state index is 12.1. The number of nitrogens with zero attached hydrogens (tertiary/aromatic N) is 2. The van der Waals surface area contributed by atoms with Gasteiger partial charge in [-0.3, -0.25) is 4.79 Å². The summed E-state index contributed by atoms with van der Waals surface area (Å²) >= 11 is 0. The van der Waals surface area contributed by atoms with Gasteiger partial charge in [-0.05, 0) is 13.5 Å². The van der Waals surface area contributed by atoms with Gasteiger partial charge in [0, 0.05) is 44.1 Å². The highest BCUT2D eigenvalue weighted by molar-refractivity contribution is 5.78. The molecule has 124 valence electrons. The predicted octanol–water partition coefficient (Wildman–Crippen LogP) is 2.59. The molecule has 0 aliphatic carbocycles. The minimum absolute atomic E-state index is 0.0000345. The molecule has 0 saturated carbocycles. The molecule has 1 amide bonds. The zero-order valence-corrected chi connectivity index (χ0v) is 14.1. The zero-order valence-electron chi connectivity index (χ0n) is 14.1. The van der Waals surface area contributed by atoms with Crippen molar-refractivity contribution < 1.29 is 9.32 Å². The van der Waals surface area contributed by atoms with Gasteiger partial charge in [-0.25, -0.2) is 0 Å². The second kappa shape index (κ2) is 8.48. The Morgan fingerprint density at radius 1 is 1.35 bits per heavy atom. The van der Waals surface area contributed by atoms with Crippen LogP contribution in [0.25, 0.3) is 11.3 Å². The number of aromatic nitrogens is 1. The van der Waals surface area contributed by atoms with Gasteiger partial charge in [-0.2, -0.15) is 0 Å². The average Bonchev–Trinajstić information content (AvgIpc) is 3.04. The van der Waals surface area contributed by atoms with Gasteiger partial charge >= 0.3 is 0 Å². The summed E-state index contributed by atoms with van der Waals surface area (Å²) in [5, 5.41) is 7.14. The number of benzene rings is 1. The molecule has 1 N–H and O–H groups in total. The van der Waals surface area contributed by atoms with Gasteiger partial charge < -0.3 is 14.7 Å². The van der Waals surface area contributed by atoms with Crippen molar-refractivity contribution >= 4 is 5.91 Å². The lowest BCUT2D eigenvalue weighted by molar-refractivity contribution is -0.133. The van der Waals surface area contributed by atoms with Crippen LogP contribution < -0.4 is 5.32 Å². The van der Waals surface area contributed by atoms with Crippen molar-refractivity contribution in [3.05, 3.63) is 42.2 Å². The number of hydrogen-bond acceptors (Lipinski definition) is 4. The topological polar surface area (TPSA) is 58.4 Å². The van der Waals surface area contributed by atoms with Crippen molar-refractivity contribution in [2.45, 2.75) is 19.8 Å². The summed E-state index contributed by atoms with van der Waals surface area (Å²) in [7, 11) is 3.71. The maximum Gasteiger partial charge on any atom is 0.226 e. The Bertz CT molecular complexity index is 610. The first kappa shape index (κ1) is 17.2. The minimum atomic E-state index is -0.0000345. The van der Waals surface area contributed by atoms with Crippen molar-refractivity contribution in [1.82, 2.24) is 15.4 Å². The monoisotopic (exact) mass is 315 g/mol. The Kier molecular flexibility index (Phi) is 6.35. The van der Waals surface area contributed by atoms with E-state index in [0.717, 1.165) is 29.9 Å². The summed E-state index contributed by atoms with van der Waals surface area (Å²) in [5.41, 5.74) is 1.91. The standard InChI is InChI=1S/C18H25N3O2/c1-14(13-19-2)18(22)21(3)11-7-10-16-12-17(20-23-16)15-8-5-4-6-9-15/h4-6,8-9,12,14,19H,7,10-11,13H2,1-3H3. The van der Waals surface area contributed by atoms with Crippen molar-refractivity contribution in [3.63, 3.8) is 0 Å². The molecule has 1 atom stereocenters. The lowest BCUT2D eigenvalue weighted by Crippen LogP contribution is -2.36. The molecule has 0 fully saturated rings. The summed E-state index contributed by atoms with van der Waals surface area (Å²) in [4.78, 5) is 13.9. The van der Waals surface area contributed by atoms with E-state index in [2.05, 4.69) is 10.5 Å². The molecule has 5 nitrogen and oxygen atoms in total. The number of rotatable bonds is 8. The number of carbonyl (C=O) groups excluding carboxylic acids is 1. The molecular weight excluding hydrogens is 290 g/mol. The van der Waals surface area contributed by atoms with Crippen LogP contribution in [0.1, 0.15) is 19.1 Å². The number of amides is 1. The normalized spacial score (nSPS) is 12.1. The molecule has 0 saturated heterocycles. The van der Waals surface area contributed by atoms with Crippen LogP contribution in [-0.2, 0) is 11.2 Å². The Morgan fingerprint density at radius 2 is 2.09 bits per heavy atom. The molecule has 0 radical (unpaired) electrons. The zero-order chi connectivity index (χ0) is 16.7. The van der Waals surface area contributed by atoms with Crippen LogP contribution in [0.15, 0.2) is 40.9 Å². The molecule has 1 aromatic carbocycles. The first-order valence-corrected chi connectivity index (χ1v) is 8.02. The minimum Gasteiger partial charge on any atom is -0.361 e. The van der Waals surface area contributed by atoms with Crippen LogP contribution in [0.5, 0.6) is 0 Å². The van der Waals surface area contributed by atoms with E-state index in [1.165, 1.54) is 0 Å². The summed E-state index contributed by atoms with van der Waals surface area (Å²) < 4.78 is 5.38. The Labute approximate surface area is 137 Å². The van der Waals surface area contributed by atoms with E-state index in [1.54, 1.807) is 4.90 Å². The van der Waals surface area contributed by atoms with Gasteiger partial charge in [0.15, 0.2) is 0 Å². The quantitative estimate of drug-likeness (QED) is 0.813. The molecule has 1 aromatic heterocycles. The Balaban J connectivity index is 1.81. The fourth-order valence-corrected chi connectivity index (χ4v) is 2.55. The van der Waals surface area contributed by atoms with Gasteiger partial charge in [-0.1, -0.05) is 42.4 Å². The van der Waals surface area contributed by atoms with Gasteiger partial charge in [0.25, 0.3) is 0 Å². The van der Waals surface area contributed by atoms with E-state index in [4.69, 9.17) is 4.52 Å². The van der Waals surface area contributed by atoms with Crippen molar-refractivity contribution in [2.75, 3.05) is 27.2 Å². The van der Waals surface area contributed by atoms with Gasteiger partial charge in [0.1, 0.15) is 11.5 Å². The van der Waals surface area contributed by atoms with Crippen LogP contribution in [0.2, 0.25) is 0 Å². The van der Waals surface area contributed by atoms with E-state index in [0.29, 0.717) is 13.1 Å². The van der Waals surface area contributed by atoms with E-state index < -0.39 is 0 Å². The third kappa shape index (κ3) is 4.93. The average molecular weight is 315 g/mol. The van der Waals surface area contributed by atoms with Crippen molar-refractivity contribution in [1.29, 1.82) is 0 Å². The Morgan fingerprint density at radius 3 is 2.78 bits per heavy atom. The van der Waals surface area contributed by atoms with E-state index in [-0.39, 0.29) is 11.8 Å². The largest absolute Gasteiger partial charge is 0.361 e. The predicted molar refractivity (Wildman–Crippen MR) is 91.0 cm³/mol. The molecule has 1 heterocycles. The number of aryl methyl sites for hydroxylation is 1. The number of hydrogen-bond donors (Lipinski definition) is 1. The molecule has 2 rings (SSSR count). The van der Waals surface area contributed by atoms with Crippen molar-refractivity contribution in [3.8, 4) is 11.3 Å². The summed E-state index contributed by atoms with van der Waals surface area (Å²) in [6, 6.07) is 11.9. The smallest absolute Gasteiger partial charge is 0.226 e. The third-order valence-electron chi connectivity index (χ3n) is 3.85. The Hall–Kier alpha value is -2.14. The molecule has 5 heteroatoms. The fraction of sp³-hybridized carbons (Fsp3) is 0.444. The van der Waals surface area contributed by atoms with Gasteiger partial charge in [-0.15, -0.1) is 0 Å². The van der Waals surface area contributed by atoms with Crippen LogP contribution in [0, 0.1) is 5.92 Å². The second-order valence-corrected chi connectivity index (χ2v) is 5.87. The molecule has 0 aliphatic rings. The SMILES string of the molecule is CNCC(C)C(=O)N(C)CCCc1cc(-c2ccccc2)no1. The first-order valence-electron chi connectivity index (χ1n) is 8.02. The summed E-state index contributed by atoms with van der Waals surface area (Å²) in [5.74, 6) is 1.02. The lowest BCUT2D eigenvalue weighted by atomic mass is 10.1. The van der Waals surface area contributed by atoms with Gasteiger partial charge in [0.05, 0.1) is 0 Å². The molecule has 0 spiro atoms. The van der Waals surface area contributed by atoms with Crippen LogP contribution in [0.4, 0.5) is 0 Å². The highest BCUT2D eigenvalue weighted by Crippen LogP contribution is 2.19. The number of nitrogens with one attached hydrogen (secondary N) is 1. The van der Waals surface area contributed by atoms with E-state index >= 15 is 0 Å². The van der Waals surface area contributed by atoms with Gasteiger partial charge in [0.2, 0.25) is 5.91 Å². The highest BCUT2D eigenvalue weighted by Gasteiger charge is 2.16. The van der Waals surface area contributed by atoms with Crippen LogP contribution >= 0.6 is 0 Å². The van der Waals surface area contributed by atoms with Crippen LogP contribution in [-0.4, -0.2) is 43.1 Å². The number of carbonyl (C=O) groups is 1. The highest BCUT2D eigenvalue weighted by atomic mass is 16.5. The second-order valence-electron chi connectivity index (χ2n) is 5.87. The molecule has 1 unspecified atom stereocenters. The molecule has 0 bridgehead atoms. The van der Waals surface area contributed by atoms with Crippen molar-refractivity contribution in [2.24, 2.45) is 5.92 Å². The molecular formula is C18H25N3O2. The summed E-state index contributed by atoms with van der Waals surface area (Å²) in [6.45, 7) is 3.36. The van der Waals surface area contributed by atoms with E-state index in [9.17, 15) is 4.79 Å². The third-order valence-corrected chi connectivity index (χ3v) is 3.85. The molecule has 2 aromatic rings. The lowest BCUT2D eigenvalue weighted by Gasteiger charge is -2.21. The first-order chi connectivity index (χ1) is 11.1.